The first-order valence-electron chi connectivity index (χ1n) is 13.7. The first-order chi connectivity index (χ1) is 20.0. The molecule has 1 unspecified atom stereocenters. The van der Waals surface area contributed by atoms with Gasteiger partial charge >= 0.3 is 0 Å². The number of pyridine rings is 1. The molecule has 0 aliphatic carbocycles. The molecular weight excluding hydrogens is 524 g/mol. The van der Waals surface area contributed by atoms with Crippen LogP contribution in [0.25, 0.3) is 17.0 Å². The zero-order valence-electron chi connectivity index (χ0n) is 25.0. The monoisotopic (exact) mass is 564 g/mol. The summed E-state index contributed by atoms with van der Waals surface area (Å²) in [4.78, 5) is 12.2. The Morgan fingerprint density at radius 3 is 1.98 bits per heavy atom. The number of hydrogen-bond acceptors (Lipinski definition) is 10. The molecule has 0 bridgehead atoms. The minimum absolute atomic E-state index is 0.211. The number of methoxy groups -OCH3 is 6. The molecule has 1 fully saturated rings. The van der Waals surface area contributed by atoms with E-state index in [1.165, 1.54) is 0 Å². The van der Waals surface area contributed by atoms with Crippen molar-refractivity contribution >= 4 is 22.7 Å². The van der Waals surface area contributed by atoms with Gasteiger partial charge in [-0.2, -0.15) is 0 Å². The van der Waals surface area contributed by atoms with Crippen LogP contribution in [0.3, 0.4) is 0 Å². The Morgan fingerprint density at radius 1 is 0.732 bits per heavy atom. The molecule has 3 aromatic rings. The lowest BCUT2D eigenvalue weighted by Crippen LogP contribution is -2.50. The number of aromatic nitrogens is 1. The number of anilines is 1. The van der Waals surface area contributed by atoms with Gasteiger partial charge < -0.3 is 33.3 Å². The van der Waals surface area contributed by atoms with Gasteiger partial charge in [0.25, 0.3) is 0 Å². The van der Waals surface area contributed by atoms with E-state index in [4.69, 9.17) is 33.4 Å². The molecule has 1 saturated heterocycles. The van der Waals surface area contributed by atoms with Crippen molar-refractivity contribution in [2.75, 3.05) is 87.3 Å². The van der Waals surface area contributed by atoms with Crippen LogP contribution < -0.4 is 33.3 Å². The highest BCUT2D eigenvalue weighted by Crippen LogP contribution is 2.49. The van der Waals surface area contributed by atoms with Gasteiger partial charge in [0.05, 0.1) is 60.1 Å². The van der Waals surface area contributed by atoms with Gasteiger partial charge in [-0.05, 0) is 18.2 Å². The molecule has 10 nitrogen and oxygen atoms in total. The molecule has 41 heavy (non-hydrogen) atoms. The van der Waals surface area contributed by atoms with E-state index in [9.17, 15) is 0 Å². The maximum Gasteiger partial charge on any atom is 0.205 e. The van der Waals surface area contributed by atoms with Gasteiger partial charge in [0.15, 0.2) is 23.0 Å². The summed E-state index contributed by atoms with van der Waals surface area (Å²) in [5.74, 6) is 3.74. The molecule has 0 saturated carbocycles. The van der Waals surface area contributed by atoms with E-state index in [-0.39, 0.29) is 6.04 Å². The highest BCUT2D eigenvalue weighted by atomic mass is 16.5. The number of benzene rings is 2. The molecule has 3 heterocycles. The van der Waals surface area contributed by atoms with Crippen molar-refractivity contribution in [1.82, 2.24) is 14.8 Å². The van der Waals surface area contributed by atoms with Gasteiger partial charge in [-0.1, -0.05) is 18.2 Å². The number of ether oxygens (including phenoxy) is 6. The first-order valence-corrected chi connectivity index (χ1v) is 13.7. The lowest BCUT2D eigenvalue weighted by Gasteiger charge is -2.40. The normalized spacial score (nSPS) is 17.3. The van der Waals surface area contributed by atoms with Gasteiger partial charge in [-0.3, -0.25) is 9.80 Å². The Bertz CT molecular complexity index is 1420. The predicted octanol–water partition coefficient (Wildman–Crippen LogP) is 3.94. The van der Waals surface area contributed by atoms with E-state index in [1.807, 2.05) is 12.1 Å². The fourth-order valence-corrected chi connectivity index (χ4v) is 5.82. The summed E-state index contributed by atoms with van der Waals surface area (Å²) in [6.07, 6.45) is 4.42. The van der Waals surface area contributed by atoms with E-state index >= 15 is 0 Å². The molecule has 0 spiro atoms. The molecule has 2 aliphatic rings. The minimum Gasteiger partial charge on any atom is -0.493 e. The molecule has 10 heteroatoms. The van der Waals surface area contributed by atoms with Crippen LogP contribution in [0, 0.1) is 0 Å². The summed E-state index contributed by atoms with van der Waals surface area (Å²) in [7, 11) is 11.9. The summed E-state index contributed by atoms with van der Waals surface area (Å²) in [5.41, 5.74) is 3.85. The van der Waals surface area contributed by atoms with Crippen molar-refractivity contribution in [3.8, 4) is 34.5 Å². The summed E-state index contributed by atoms with van der Waals surface area (Å²) in [5, 5.41) is 0.951. The number of nitrogens with zero attached hydrogens (tertiary/aromatic N) is 4. The molecule has 220 valence electrons. The van der Waals surface area contributed by atoms with Crippen LogP contribution in [0.1, 0.15) is 11.3 Å². The van der Waals surface area contributed by atoms with Gasteiger partial charge in [0.2, 0.25) is 11.5 Å². The average molecular weight is 565 g/mol. The Labute approximate surface area is 241 Å². The number of rotatable bonds is 10. The zero-order chi connectivity index (χ0) is 29.1. The molecule has 0 N–H and O–H groups in total. The summed E-state index contributed by atoms with van der Waals surface area (Å²) >= 11 is 0. The van der Waals surface area contributed by atoms with E-state index < -0.39 is 0 Å². The quantitative estimate of drug-likeness (QED) is 0.361. The Hall–Kier alpha value is -3.89. The lowest BCUT2D eigenvalue weighted by atomic mass is 10.0. The Morgan fingerprint density at radius 2 is 1.34 bits per heavy atom. The third-order valence-corrected chi connectivity index (χ3v) is 8.02. The largest absolute Gasteiger partial charge is 0.493 e. The zero-order valence-corrected chi connectivity index (χ0v) is 25.0. The van der Waals surface area contributed by atoms with Crippen molar-refractivity contribution in [2.24, 2.45) is 0 Å². The van der Waals surface area contributed by atoms with Crippen LogP contribution in [0.15, 0.2) is 30.3 Å². The summed E-state index contributed by atoms with van der Waals surface area (Å²) in [6.45, 7) is 5.59. The molecule has 0 radical (unpaired) electrons. The number of fused-ring (bicyclic) bond motifs is 2. The second-order valence-electron chi connectivity index (χ2n) is 10.2. The maximum atomic E-state index is 5.79. The standard InChI is InChI=1S/C31H40N4O6/c1-33-23(11-9-21-17-25(37-3)29(39-5)31(41-7)27(21)33)19-35-14-12-34(13-15-35)18-22-10-8-20-16-24(36-2)28(38-4)30(40-6)26(20)32-22/h8-11,16-17,23H,12-15,18-19H2,1-7H3. The lowest BCUT2D eigenvalue weighted by molar-refractivity contribution is 0.124. The molecular formula is C31H40N4O6. The second kappa shape index (κ2) is 12.3. The molecule has 2 aliphatic heterocycles. The molecule has 1 atom stereocenters. The van der Waals surface area contributed by atoms with E-state index in [0.717, 1.165) is 67.1 Å². The molecule has 0 amide bonds. The smallest absolute Gasteiger partial charge is 0.205 e. The van der Waals surface area contributed by atoms with Crippen molar-refractivity contribution < 1.29 is 28.4 Å². The Kier molecular flexibility index (Phi) is 8.60. The van der Waals surface area contributed by atoms with Crippen LogP contribution in [0.5, 0.6) is 34.5 Å². The van der Waals surface area contributed by atoms with Crippen molar-refractivity contribution in [1.29, 1.82) is 0 Å². The Balaban J connectivity index is 1.25. The van der Waals surface area contributed by atoms with E-state index in [1.54, 1.807) is 42.7 Å². The van der Waals surface area contributed by atoms with E-state index in [0.29, 0.717) is 34.5 Å². The summed E-state index contributed by atoms with van der Waals surface area (Å²) in [6, 6.07) is 8.30. The highest BCUT2D eigenvalue weighted by molar-refractivity contribution is 5.90. The van der Waals surface area contributed by atoms with Crippen LogP contribution in [0.4, 0.5) is 5.69 Å². The van der Waals surface area contributed by atoms with E-state index in [2.05, 4.69) is 46.0 Å². The van der Waals surface area contributed by atoms with Crippen molar-refractivity contribution in [3.63, 3.8) is 0 Å². The molecule has 2 aromatic carbocycles. The maximum absolute atomic E-state index is 5.79. The second-order valence-corrected chi connectivity index (χ2v) is 10.2. The van der Waals surface area contributed by atoms with Crippen LogP contribution in [-0.2, 0) is 6.54 Å². The molecule has 1 aromatic heterocycles. The number of piperazine rings is 1. The van der Waals surface area contributed by atoms with Gasteiger partial charge in [0, 0.05) is 57.3 Å². The average Bonchev–Trinajstić information content (AvgIpc) is 3.01. The highest BCUT2D eigenvalue weighted by Gasteiger charge is 2.30. The van der Waals surface area contributed by atoms with Gasteiger partial charge in [-0.15, -0.1) is 0 Å². The van der Waals surface area contributed by atoms with Crippen molar-refractivity contribution in [3.05, 3.63) is 41.6 Å². The third-order valence-electron chi connectivity index (χ3n) is 8.02. The predicted molar refractivity (Wildman–Crippen MR) is 160 cm³/mol. The topological polar surface area (TPSA) is 78.0 Å². The third kappa shape index (κ3) is 5.41. The van der Waals surface area contributed by atoms with Gasteiger partial charge in [-0.25, -0.2) is 4.98 Å². The number of hydrogen-bond donors (Lipinski definition) is 0. The fraction of sp³-hybridized carbons (Fsp3) is 0.452. The minimum atomic E-state index is 0.211. The first kappa shape index (κ1) is 28.6. The van der Waals surface area contributed by atoms with Crippen molar-refractivity contribution in [2.45, 2.75) is 12.6 Å². The summed E-state index contributed by atoms with van der Waals surface area (Å²) < 4.78 is 33.7. The fourth-order valence-electron chi connectivity index (χ4n) is 5.82. The number of likely N-dealkylation sites (N-methyl/N-ethyl adjacent to an activating group) is 1. The van der Waals surface area contributed by atoms with Crippen LogP contribution >= 0.6 is 0 Å². The SMILES string of the molecule is COc1cc2c(c(OC)c1OC)N(C)C(CN1CCN(Cc3ccc4cc(OC)c(OC)c(OC)c4n3)CC1)C=C2. The van der Waals surface area contributed by atoms with Gasteiger partial charge in [0.1, 0.15) is 5.52 Å². The van der Waals surface area contributed by atoms with Crippen LogP contribution in [0.2, 0.25) is 0 Å². The molecule has 5 rings (SSSR count). The van der Waals surface area contributed by atoms with Crippen LogP contribution in [-0.4, -0.2) is 103 Å².